The van der Waals surface area contributed by atoms with Crippen LogP contribution in [0.2, 0.25) is 0 Å². The zero-order valence-corrected chi connectivity index (χ0v) is 11.2. The van der Waals surface area contributed by atoms with Crippen molar-refractivity contribution in [1.82, 2.24) is 0 Å². The van der Waals surface area contributed by atoms with Gasteiger partial charge in [0.25, 0.3) is 0 Å². The molecule has 0 aliphatic heterocycles. The number of allylic oxidation sites excluding steroid dienone is 1. The number of carbonyl (C=O) groups excluding carboxylic acids is 1. The van der Waals surface area contributed by atoms with Gasteiger partial charge in [0.1, 0.15) is 5.75 Å². The van der Waals surface area contributed by atoms with E-state index in [0.717, 1.165) is 12.8 Å². The fourth-order valence-electron chi connectivity index (χ4n) is 2.29. The van der Waals surface area contributed by atoms with Gasteiger partial charge in [0.2, 0.25) is 5.91 Å². The third-order valence-corrected chi connectivity index (χ3v) is 3.29. The lowest BCUT2D eigenvalue weighted by Crippen LogP contribution is -2.13. The minimum Gasteiger partial charge on any atom is -0.495 e. The first-order valence-electron chi connectivity index (χ1n) is 6.60. The normalized spacial score (nSPS) is 14.7. The van der Waals surface area contributed by atoms with Crippen LogP contribution in [0.5, 0.6) is 5.75 Å². The van der Waals surface area contributed by atoms with Crippen molar-refractivity contribution in [3.8, 4) is 5.75 Å². The van der Waals surface area contributed by atoms with Gasteiger partial charge in [-0.25, -0.2) is 0 Å². The van der Waals surface area contributed by atoms with E-state index in [-0.39, 0.29) is 5.91 Å². The van der Waals surface area contributed by atoms with Crippen LogP contribution in [0.1, 0.15) is 32.1 Å². The van der Waals surface area contributed by atoms with E-state index in [9.17, 15) is 4.79 Å². The molecule has 0 aromatic heterocycles. The van der Waals surface area contributed by atoms with Gasteiger partial charge in [-0.3, -0.25) is 4.79 Å². The molecule has 0 saturated heterocycles. The lowest BCUT2D eigenvalue weighted by molar-refractivity contribution is -0.115. The van der Waals surface area contributed by atoms with Crippen molar-refractivity contribution >= 4 is 17.3 Å². The summed E-state index contributed by atoms with van der Waals surface area (Å²) in [4.78, 5) is 11.9. The molecule has 1 amide bonds. The largest absolute Gasteiger partial charge is 0.495 e. The van der Waals surface area contributed by atoms with Crippen LogP contribution in [0.25, 0.3) is 0 Å². The van der Waals surface area contributed by atoms with Crippen LogP contribution >= 0.6 is 0 Å². The highest BCUT2D eigenvalue weighted by molar-refractivity contribution is 5.93. The summed E-state index contributed by atoms with van der Waals surface area (Å²) in [5.41, 5.74) is 8.28. The standard InChI is InChI=1S/C15H20N2O2/c1-19-14-8-7-12(10-13(14)16)17-15(18)9-11-5-3-2-4-6-11/h5,7-8,10H,2-4,6,9,16H2,1H3,(H,17,18). The zero-order valence-electron chi connectivity index (χ0n) is 11.2. The molecule has 102 valence electrons. The van der Waals surface area contributed by atoms with Gasteiger partial charge < -0.3 is 15.8 Å². The van der Waals surface area contributed by atoms with Gasteiger partial charge >= 0.3 is 0 Å². The van der Waals surface area contributed by atoms with Gasteiger partial charge in [-0.2, -0.15) is 0 Å². The van der Waals surface area contributed by atoms with Gasteiger partial charge in [0.15, 0.2) is 0 Å². The molecule has 0 bridgehead atoms. The molecule has 1 aromatic carbocycles. The molecule has 0 unspecified atom stereocenters. The molecule has 1 aliphatic rings. The molecule has 1 aromatic rings. The topological polar surface area (TPSA) is 64.3 Å². The summed E-state index contributed by atoms with van der Waals surface area (Å²) >= 11 is 0. The summed E-state index contributed by atoms with van der Waals surface area (Å²) in [6, 6.07) is 5.26. The maximum Gasteiger partial charge on any atom is 0.228 e. The van der Waals surface area contributed by atoms with Gasteiger partial charge in [-0.05, 0) is 43.9 Å². The van der Waals surface area contributed by atoms with Crippen molar-refractivity contribution < 1.29 is 9.53 Å². The molecular formula is C15H20N2O2. The van der Waals surface area contributed by atoms with Crippen molar-refractivity contribution in [2.45, 2.75) is 32.1 Å². The first kappa shape index (κ1) is 13.5. The summed E-state index contributed by atoms with van der Waals surface area (Å²) in [6.45, 7) is 0. The second-order valence-corrected chi connectivity index (χ2v) is 4.79. The molecule has 2 rings (SSSR count). The summed E-state index contributed by atoms with van der Waals surface area (Å²) in [6.07, 6.45) is 7.22. The summed E-state index contributed by atoms with van der Waals surface area (Å²) < 4.78 is 5.08. The van der Waals surface area contributed by atoms with E-state index in [1.54, 1.807) is 25.3 Å². The number of carbonyl (C=O) groups is 1. The number of anilines is 2. The Labute approximate surface area is 113 Å². The number of amides is 1. The molecule has 0 saturated carbocycles. The fraction of sp³-hybridized carbons (Fsp3) is 0.400. The minimum atomic E-state index is 0.0118. The monoisotopic (exact) mass is 260 g/mol. The Hall–Kier alpha value is -1.97. The van der Waals surface area contributed by atoms with Crippen LogP contribution in [0, 0.1) is 0 Å². The van der Waals surface area contributed by atoms with Gasteiger partial charge in [-0.15, -0.1) is 0 Å². The van der Waals surface area contributed by atoms with Crippen LogP contribution in [0.15, 0.2) is 29.8 Å². The first-order chi connectivity index (χ1) is 9.19. The quantitative estimate of drug-likeness (QED) is 0.646. The van der Waals surface area contributed by atoms with E-state index in [1.165, 1.54) is 18.4 Å². The average molecular weight is 260 g/mol. The van der Waals surface area contributed by atoms with Crippen molar-refractivity contribution in [1.29, 1.82) is 0 Å². The second-order valence-electron chi connectivity index (χ2n) is 4.79. The number of ether oxygens (including phenoxy) is 1. The molecule has 0 radical (unpaired) electrons. The molecule has 1 aliphatic carbocycles. The first-order valence-corrected chi connectivity index (χ1v) is 6.60. The van der Waals surface area contributed by atoms with Crippen LogP contribution < -0.4 is 15.8 Å². The SMILES string of the molecule is COc1ccc(NC(=O)CC2=CCCCC2)cc1N. The third-order valence-electron chi connectivity index (χ3n) is 3.29. The maximum absolute atomic E-state index is 11.9. The van der Waals surface area contributed by atoms with Gasteiger partial charge in [-0.1, -0.05) is 11.6 Å². The number of hydrogen-bond acceptors (Lipinski definition) is 3. The summed E-state index contributed by atoms with van der Waals surface area (Å²) in [5, 5.41) is 2.87. The molecule has 0 atom stereocenters. The fourth-order valence-corrected chi connectivity index (χ4v) is 2.29. The van der Waals surface area contributed by atoms with Crippen molar-refractivity contribution in [2.24, 2.45) is 0 Å². The summed E-state index contributed by atoms with van der Waals surface area (Å²) in [7, 11) is 1.57. The Morgan fingerprint density at radius 1 is 1.42 bits per heavy atom. The van der Waals surface area contributed by atoms with E-state index in [2.05, 4.69) is 11.4 Å². The highest BCUT2D eigenvalue weighted by Crippen LogP contribution is 2.25. The molecule has 4 heteroatoms. The molecule has 3 N–H and O–H groups in total. The van der Waals surface area contributed by atoms with E-state index in [4.69, 9.17) is 10.5 Å². The highest BCUT2D eigenvalue weighted by atomic mass is 16.5. The Morgan fingerprint density at radius 3 is 2.89 bits per heavy atom. The van der Waals surface area contributed by atoms with Crippen LogP contribution in [-0.4, -0.2) is 13.0 Å². The Kier molecular flexibility index (Phi) is 4.44. The number of nitrogens with one attached hydrogen (secondary N) is 1. The molecule has 0 heterocycles. The van der Waals surface area contributed by atoms with Crippen molar-refractivity contribution in [3.63, 3.8) is 0 Å². The molecule has 0 fully saturated rings. The number of nitrogen functional groups attached to an aromatic ring is 1. The second kappa shape index (κ2) is 6.27. The molecule has 4 nitrogen and oxygen atoms in total. The third kappa shape index (κ3) is 3.74. The zero-order chi connectivity index (χ0) is 13.7. The Balaban J connectivity index is 1.95. The lowest BCUT2D eigenvalue weighted by atomic mass is 9.97. The van der Waals surface area contributed by atoms with E-state index >= 15 is 0 Å². The van der Waals surface area contributed by atoms with Gasteiger partial charge in [0.05, 0.1) is 12.8 Å². The van der Waals surface area contributed by atoms with E-state index < -0.39 is 0 Å². The molecule has 19 heavy (non-hydrogen) atoms. The predicted molar refractivity (Wildman–Crippen MR) is 77.2 cm³/mol. The van der Waals surface area contributed by atoms with Crippen LogP contribution in [0.3, 0.4) is 0 Å². The highest BCUT2D eigenvalue weighted by Gasteiger charge is 2.10. The minimum absolute atomic E-state index is 0.0118. The number of hydrogen-bond donors (Lipinski definition) is 2. The number of benzene rings is 1. The maximum atomic E-state index is 11.9. The molecular weight excluding hydrogens is 240 g/mol. The molecule has 0 spiro atoms. The van der Waals surface area contributed by atoms with E-state index in [1.807, 2.05) is 0 Å². The smallest absolute Gasteiger partial charge is 0.228 e. The Morgan fingerprint density at radius 2 is 2.26 bits per heavy atom. The van der Waals surface area contributed by atoms with Crippen molar-refractivity contribution in [3.05, 3.63) is 29.8 Å². The predicted octanol–water partition coefficient (Wildman–Crippen LogP) is 3.11. The summed E-state index contributed by atoms with van der Waals surface area (Å²) in [5.74, 6) is 0.630. The van der Waals surface area contributed by atoms with Gasteiger partial charge in [0, 0.05) is 12.1 Å². The Bertz CT molecular complexity index is 495. The number of rotatable bonds is 4. The average Bonchev–Trinajstić information content (AvgIpc) is 2.40. The number of methoxy groups -OCH3 is 1. The van der Waals surface area contributed by atoms with Crippen molar-refractivity contribution in [2.75, 3.05) is 18.2 Å². The van der Waals surface area contributed by atoms with Crippen LogP contribution in [0.4, 0.5) is 11.4 Å². The lowest BCUT2D eigenvalue weighted by Gasteiger charge is -2.13. The number of nitrogens with two attached hydrogens (primary N) is 1. The van der Waals surface area contributed by atoms with Crippen LogP contribution in [-0.2, 0) is 4.79 Å². The van der Waals surface area contributed by atoms with E-state index in [0.29, 0.717) is 23.5 Å².